The molecule has 98 valence electrons. The van der Waals surface area contributed by atoms with Crippen LogP contribution in [0.2, 0.25) is 0 Å². The average molecular weight is 245 g/mol. The van der Waals surface area contributed by atoms with Gasteiger partial charge in [-0.05, 0) is 51.1 Å². The van der Waals surface area contributed by atoms with Crippen LogP contribution in [-0.2, 0) is 0 Å². The predicted octanol–water partition coefficient (Wildman–Crippen LogP) is 2.90. The largest absolute Gasteiger partial charge is 0.388 e. The van der Waals surface area contributed by atoms with Crippen molar-refractivity contribution in [3.63, 3.8) is 0 Å². The van der Waals surface area contributed by atoms with Crippen LogP contribution in [-0.4, -0.2) is 29.1 Å². The molecule has 0 aromatic heterocycles. The Morgan fingerprint density at radius 1 is 1.11 bits per heavy atom. The van der Waals surface area contributed by atoms with Gasteiger partial charge in [-0.2, -0.15) is 0 Å². The smallest absolute Gasteiger partial charge is 0.0819 e. The molecule has 2 bridgehead atoms. The van der Waals surface area contributed by atoms with E-state index in [0.717, 1.165) is 18.4 Å². The van der Waals surface area contributed by atoms with Gasteiger partial charge in [0.25, 0.3) is 0 Å². The van der Waals surface area contributed by atoms with Crippen LogP contribution in [0, 0.1) is 12.8 Å². The van der Waals surface area contributed by atoms with Crippen molar-refractivity contribution in [2.45, 2.75) is 50.8 Å². The Bertz CT molecular complexity index is 400. The van der Waals surface area contributed by atoms with E-state index < -0.39 is 0 Å². The summed E-state index contributed by atoms with van der Waals surface area (Å²) < 4.78 is 0. The minimum atomic E-state index is -0.276. The van der Waals surface area contributed by atoms with E-state index in [1.807, 2.05) is 0 Å². The Balaban J connectivity index is 1.74. The molecule has 1 N–H and O–H groups in total. The van der Waals surface area contributed by atoms with Crippen molar-refractivity contribution in [2.24, 2.45) is 5.92 Å². The summed E-state index contributed by atoms with van der Waals surface area (Å²) in [6, 6.07) is 9.77. The van der Waals surface area contributed by atoms with Crippen LogP contribution in [0.1, 0.15) is 42.9 Å². The fourth-order valence-electron chi connectivity index (χ4n) is 3.75. The maximum atomic E-state index is 10.6. The molecule has 2 aliphatic heterocycles. The number of hydrogen-bond donors (Lipinski definition) is 1. The summed E-state index contributed by atoms with van der Waals surface area (Å²) in [7, 11) is 2.25. The minimum Gasteiger partial charge on any atom is -0.388 e. The van der Waals surface area contributed by atoms with Gasteiger partial charge >= 0.3 is 0 Å². The average Bonchev–Trinajstić information content (AvgIpc) is 2.62. The second-order valence-electron chi connectivity index (χ2n) is 6.14. The number of rotatable bonds is 2. The van der Waals surface area contributed by atoms with Crippen molar-refractivity contribution in [1.29, 1.82) is 0 Å². The summed E-state index contributed by atoms with van der Waals surface area (Å²) in [6.45, 7) is 2.09. The maximum Gasteiger partial charge on any atom is 0.0819 e. The lowest BCUT2D eigenvalue weighted by Crippen LogP contribution is -2.41. The fourth-order valence-corrected chi connectivity index (χ4v) is 3.75. The van der Waals surface area contributed by atoms with E-state index >= 15 is 0 Å². The molecule has 2 aliphatic rings. The second kappa shape index (κ2) is 4.67. The van der Waals surface area contributed by atoms with Crippen molar-refractivity contribution in [3.05, 3.63) is 35.4 Å². The van der Waals surface area contributed by atoms with Crippen LogP contribution < -0.4 is 0 Å². The summed E-state index contributed by atoms with van der Waals surface area (Å²) in [5.41, 5.74) is 2.35. The minimum absolute atomic E-state index is 0.276. The monoisotopic (exact) mass is 245 g/mol. The van der Waals surface area contributed by atoms with Gasteiger partial charge in [-0.15, -0.1) is 0 Å². The van der Waals surface area contributed by atoms with Crippen molar-refractivity contribution >= 4 is 0 Å². The van der Waals surface area contributed by atoms with Crippen LogP contribution >= 0.6 is 0 Å². The van der Waals surface area contributed by atoms with Crippen LogP contribution in [0.5, 0.6) is 0 Å². The molecule has 2 heterocycles. The molecule has 0 radical (unpaired) electrons. The number of aliphatic hydroxyl groups is 1. The van der Waals surface area contributed by atoms with Crippen molar-refractivity contribution in [3.8, 4) is 0 Å². The van der Waals surface area contributed by atoms with E-state index in [1.54, 1.807) is 0 Å². The fraction of sp³-hybridized carbons (Fsp3) is 0.625. The van der Waals surface area contributed by atoms with Gasteiger partial charge in [0.1, 0.15) is 0 Å². The zero-order chi connectivity index (χ0) is 12.7. The van der Waals surface area contributed by atoms with E-state index in [2.05, 4.69) is 43.1 Å². The van der Waals surface area contributed by atoms with Crippen LogP contribution in [0.15, 0.2) is 24.3 Å². The standard InChI is InChI=1S/C16H23NO/c1-11-3-5-12(6-4-11)16(18)13-9-14-7-8-15(10-13)17(14)2/h3-6,13-16,18H,7-10H2,1-2H3. The molecule has 0 aliphatic carbocycles. The Labute approximate surface area is 110 Å². The first-order valence-corrected chi connectivity index (χ1v) is 7.11. The Hall–Kier alpha value is -0.860. The first-order valence-electron chi connectivity index (χ1n) is 7.11. The molecule has 2 heteroatoms. The van der Waals surface area contributed by atoms with E-state index in [9.17, 15) is 5.11 Å². The quantitative estimate of drug-likeness (QED) is 0.866. The molecule has 3 rings (SSSR count). The first-order chi connectivity index (χ1) is 8.65. The zero-order valence-corrected chi connectivity index (χ0v) is 11.3. The van der Waals surface area contributed by atoms with E-state index in [0.29, 0.717) is 18.0 Å². The van der Waals surface area contributed by atoms with Crippen LogP contribution in [0.3, 0.4) is 0 Å². The SMILES string of the molecule is Cc1ccc(C(O)C2CC3CCC(C2)N3C)cc1. The number of aryl methyl sites for hydroxylation is 1. The van der Waals surface area contributed by atoms with Gasteiger partial charge in [0.05, 0.1) is 6.10 Å². The summed E-state index contributed by atoms with van der Waals surface area (Å²) >= 11 is 0. The van der Waals surface area contributed by atoms with Crippen molar-refractivity contribution in [2.75, 3.05) is 7.05 Å². The van der Waals surface area contributed by atoms with E-state index in [4.69, 9.17) is 0 Å². The molecule has 2 saturated heterocycles. The lowest BCUT2D eigenvalue weighted by molar-refractivity contribution is 0.0356. The van der Waals surface area contributed by atoms with Crippen molar-refractivity contribution in [1.82, 2.24) is 4.90 Å². The molecular formula is C16H23NO. The third-order valence-electron chi connectivity index (χ3n) is 5.00. The zero-order valence-electron chi connectivity index (χ0n) is 11.3. The number of aliphatic hydroxyl groups excluding tert-OH is 1. The highest BCUT2D eigenvalue weighted by Crippen LogP contribution is 2.42. The lowest BCUT2D eigenvalue weighted by Gasteiger charge is -2.38. The van der Waals surface area contributed by atoms with Gasteiger partial charge in [0.15, 0.2) is 0 Å². The number of piperidine rings is 1. The van der Waals surface area contributed by atoms with Gasteiger partial charge in [-0.3, -0.25) is 0 Å². The summed E-state index contributed by atoms with van der Waals surface area (Å²) in [6.07, 6.45) is 4.67. The highest BCUT2D eigenvalue weighted by molar-refractivity contribution is 5.24. The molecule has 1 aromatic carbocycles. The maximum absolute atomic E-state index is 10.6. The lowest BCUT2D eigenvalue weighted by atomic mass is 9.84. The van der Waals surface area contributed by atoms with Gasteiger partial charge in [0, 0.05) is 12.1 Å². The molecule has 3 unspecified atom stereocenters. The normalized spacial score (nSPS) is 33.6. The molecule has 3 atom stereocenters. The number of benzene rings is 1. The third-order valence-corrected chi connectivity index (χ3v) is 5.00. The predicted molar refractivity (Wildman–Crippen MR) is 73.4 cm³/mol. The van der Waals surface area contributed by atoms with Gasteiger partial charge < -0.3 is 10.0 Å². The Kier molecular flexibility index (Phi) is 3.16. The molecule has 0 spiro atoms. The van der Waals surface area contributed by atoms with Crippen LogP contribution in [0.25, 0.3) is 0 Å². The summed E-state index contributed by atoms with van der Waals surface area (Å²) in [4.78, 5) is 2.53. The molecule has 2 nitrogen and oxygen atoms in total. The highest BCUT2D eigenvalue weighted by Gasteiger charge is 2.40. The summed E-state index contributed by atoms with van der Waals surface area (Å²) in [5, 5.41) is 10.6. The Morgan fingerprint density at radius 3 is 2.22 bits per heavy atom. The van der Waals surface area contributed by atoms with Crippen LogP contribution in [0.4, 0.5) is 0 Å². The van der Waals surface area contributed by atoms with Crippen molar-refractivity contribution < 1.29 is 5.11 Å². The number of fused-ring (bicyclic) bond motifs is 2. The summed E-state index contributed by atoms with van der Waals surface area (Å²) in [5.74, 6) is 0.446. The molecule has 1 aromatic rings. The van der Waals surface area contributed by atoms with Gasteiger partial charge in [0.2, 0.25) is 0 Å². The van der Waals surface area contributed by atoms with Gasteiger partial charge in [-0.25, -0.2) is 0 Å². The molecule has 0 saturated carbocycles. The molecule has 2 fully saturated rings. The third kappa shape index (κ3) is 2.08. The first kappa shape index (κ1) is 12.2. The Morgan fingerprint density at radius 2 is 1.67 bits per heavy atom. The molecular weight excluding hydrogens is 222 g/mol. The topological polar surface area (TPSA) is 23.5 Å². The number of hydrogen-bond acceptors (Lipinski definition) is 2. The number of nitrogens with zero attached hydrogens (tertiary/aromatic N) is 1. The van der Waals surface area contributed by atoms with E-state index in [-0.39, 0.29) is 6.10 Å². The molecule has 18 heavy (non-hydrogen) atoms. The molecule has 0 amide bonds. The second-order valence-corrected chi connectivity index (χ2v) is 6.14. The van der Waals surface area contributed by atoms with Gasteiger partial charge in [-0.1, -0.05) is 29.8 Å². The highest BCUT2D eigenvalue weighted by atomic mass is 16.3. The van der Waals surface area contributed by atoms with E-state index in [1.165, 1.54) is 18.4 Å².